The molecule has 0 heterocycles. The Morgan fingerprint density at radius 1 is 1.44 bits per heavy atom. The van der Waals surface area contributed by atoms with Crippen molar-refractivity contribution in [3.63, 3.8) is 0 Å². The van der Waals surface area contributed by atoms with E-state index in [1.807, 2.05) is 0 Å². The van der Waals surface area contributed by atoms with Gasteiger partial charge in [-0.25, -0.2) is 0 Å². The predicted molar refractivity (Wildman–Crippen MR) is 66.0 cm³/mol. The van der Waals surface area contributed by atoms with Crippen LogP contribution >= 0.6 is 0 Å². The Balaban J connectivity index is 2.64. The molecular formula is C12H22N2O4. The molecule has 18 heavy (non-hydrogen) atoms. The molecule has 1 aliphatic rings. The summed E-state index contributed by atoms with van der Waals surface area (Å²) >= 11 is 0. The maximum atomic E-state index is 12.3. The SMILES string of the molecule is COCCN(CC(=O)O)C(=O)C1CCCC1CN. The minimum absolute atomic E-state index is 0.0950. The molecular weight excluding hydrogens is 236 g/mol. The van der Waals surface area contributed by atoms with Crippen molar-refractivity contribution in [1.82, 2.24) is 4.90 Å². The van der Waals surface area contributed by atoms with Gasteiger partial charge in [-0.1, -0.05) is 6.42 Å². The van der Waals surface area contributed by atoms with Crippen LogP contribution in [0.1, 0.15) is 19.3 Å². The first-order valence-electron chi connectivity index (χ1n) is 6.29. The number of aliphatic carboxylic acids is 1. The van der Waals surface area contributed by atoms with E-state index >= 15 is 0 Å². The van der Waals surface area contributed by atoms with Crippen molar-refractivity contribution < 1.29 is 19.4 Å². The number of carboxylic acid groups (broad SMARTS) is 1. The summed E-state index contributed by atoms with van der Waals surface area (Å²) in [6.07, 6.45) is 2.76. The molecule has 1 rings (SSSR count). The third kappa shape index (κ3) is 3.96. The number of rotatable bonds is 7. The molecule has 2 atom stereocenters. The average Bonchev–Trinajstić information content (AvgIpc) is 2.81. The van der Waals surface area contributed by atoms with Gasteiger partial charge in [0.2, 0.25) is 5.91 Å². The average molecular weight is 258 g/mol. The highest BCUT2D eigenvalue weighted by atomic mass is 16.5. The van der Waals surface area contributed by atoms with Gasteiger partial charge in [0.1, 0.15) is 6.54 Å². The fraction of sp³-hybridized carbons (Fsp3) is 0.833. The summed E-state index contributed by atoms with van der Waals surface area (Å²) in [4.78, 5) is 24.5. The zero-order chi connectivity index (χ0) is 13.5. The largest absolute Gasteiger partial charge is 0.480 e. The maximum absolute atomic E-state index is 12.3. The molecule has 0 saturated heterocycles. The third-order valence-electron chi connectivity index (χ3n) is 3.48. The fourth-order valence-corrected chi connectivity index (χ4v) is 2.51. The number of amides is 1. The number of hydrogen-bond acceptors (Lipinski definition) is 4. The molecule has 1 amide bonds. The van der Waals surface area contributed by atoms with Crippen LogP contribution in [0.5, 0.6) is 0 Å². The third-order valence-corrected chi connectivity index (χ3v) is 3.48. The molecule has 6 heteroatoms. The normalized spacial score (nSPS) is 23.0. The van der Waals surface area contributed by atoms with Gasteiger partial charge in [-0.2, -0.15) is 0 Å². The van der Waals surface area contributed by atoms with Crippen LogP contribution in [0.4, 0.5) is 0 Å². The molecule has 0 bridgehead atoms. The van der Waals surface area contributed by atoms with Crippen LogP contribution in [-0.2, 0) is 14.3 Å². The molecule has 0 spiro atoms. The van der Waals surface area contributed by atoms with Crippen molar-refractivity contribution in [1.29, 1.82) is 0 Å². The van der Waals surface area contributed by atoms with Crippen LogP contribution in [0.2, 0.25) is 0 Å². The van der Waals surface area contributed by atoms with Crippen molar-refractivity contribution in [3.05, 3.63) is 0 Å². The molecule has 0 aliphatic heterocycles. The number of ether oxygens (including phenoxy) is 1. The van der Waals surface area contributed by atoms with E-state index in [0.29, 0.717) is 19.7 Å². The van der Waals surface area contributed by atoms with Gasteiger partial charge in [-0.3, -0.25) is 9.59 Å². The van der Waals surface area contributed by atoms with Gasteiger partial charge < -0.3 is 20.5 Å². The van der Waals surface area contributed by atoms with E-state index in [1.165, 1.54) is 12.0 Å². The number of nitrogens with two attached hydrogens (primary N) is 1. The van der Waals surface area contributed by atoms with Crippen LogP contribution in [0.25, 0.3) is 0 Å². The fourth-order valence-electron chi connectivity index (χ4n) is 2.51. The monoisotopic (exact) mass is 258 g/mol. The van der Waals surface area contributed by atoms with Crippen LogP contribution in [0.15, 0.2) is 0 Å². The molecule has 1 aliphatic carbocycles. The summed E-state index contributed by atoms with van der Waals surface area (Å²) in [5, 5.41) is 8.84. The Kier molecular flexibility index (Phi) is 6.07. The molecule has 0 aromatic heterocycles. The van der Waals surface area contributed by atoms with Crippen molar-refractivity contribution in [2.75, 3.05) is 33.4 Å². The molecule has 1 saturated carbocycles. The van der Waals surface area contributed by atoms with Crippen molar-refractivity contribution >= 4 is 11.9 Å². The second-order valence-electron chi connectivity index (χ2n) is 4.68. The molecule has 104 valence electrons. The van der Waals surface area contributed by atoms with Crippen LogP contribution < -0.4 is 5.73 Å². The summed E-state index contributed by atoms with van der Waals surface area (Å²) in [7, 11) is 1.53. The summed E-state index contributed by atoms with van der Waals surface area (Å²) in [5.41, 5.74) is 5.65. The lowest BCUT2D eigenvalue weighted by Gasteiger charge is -2.26. The first kappa shape index (κ1) is 14.9. The van der Waals surface area contributed by atoms with Crippen molar-refractivity contribution in [2.45, 2.75) is 19.3 Å². The molecule has 0 radical (unpaired) electrons. The maximum Gasteiger partial charge on any atom is 0.323 e. The van der Waals surface area contributed by atoms with E-state index in [-0.39, 0.29) is 24.3 Å². The van der Waals surface area contributed by atoms with Gasteiger partial charge in [0.05, 0.1) is 6.61 Å². The lowest BCUT2D eigenvalue weighted by Crippen LogP contribution is -2.43. The molecule has 2 unspecified atom stereocenters. The summed E-state index contributed by atoms with van der Waals surface area (Å²) < 4.78 is 4.91. The van der Waals surface area contributed by atoms with Crippen molar-refractivity contribution in [3.8, 4) is 0 Å². The predicted octanol–water partition coefficient (Wildman–Crippen LogP) is -0.0790. The number of methoxy groups -OCH3 is 1. The lowest BCUT2D eigenvalue weighted by atomic mass is 9.94. The number of carbonyl (C=O) groups is 2. The second-order valence-corrected chi connectivity index (χ2v) is 4.68. The van der Waals surface area contributed by atoms with Gasteiger partial charge in [-0.15, -0.1) is 0 Å². The van der Waals surface area contributed by atoms with Crippen LogP contribution in [-0.4, -0.2) is 55.2 Å². The minimum atomic E-state index is -0.998. The Hall–Kier alpha value is -1.14. The van der Waals surface area contributed by atoms with Gasteiger partial charge in [0, 0.05) is 19.6 Å². The Bertz CT molecular complexity index is 296. The number of carbonyl (C=O) groups excluding carboxylic acids is 1. The number of hydrogen-bond donors (Lipinski definition) is 2. The van der Waals surface area contributed by atoms with E-state index < -0.39 is 5.97 Å². The van der Waals surface area contributed by atoms with Crippen LogP contribution in [0.3, 0.4) is 0 Å². The van der Waals surface area contributed by atoms with Gasteiger partial charge in [-0.05, 0) is 25.3 Å². The quantitative estimate of drug-likeness (QED) is 0.666. The van der Waals surface area contributed by atoms with E-state index in [9.17, 15) is 9.59 Å². The highest BCUT2D eigenvalue weighted by Gasteiger charge is 2.35. The van der Waals surface area contributed by atoms with Crippen molar-refractivity contribution in [2.24, 2.45) is 17.6 Å². The van der Waals surface area contributed by atoms with E-state index in [1.54, 1.807) is 0 Å². The standard InChI is InChI=1S/C12H22N2O4/c1-18-6-5-14(8-11(15)16)12(17)10-4-2-3-9(10)7-13/h9-10H,2-8,13H2,1H3,(H,15,16). The summed E-state index contributed by atoms with van der Waals surface area (Å²) in [6.45, 7) is 0.881. The molecule has 0 aromatic carbocycles. The summed E-state index contributed by atoms with van der Waals surface area (Å²) in [6, 6.07) is 0. The first-order chi connectivity index (χ1) is 8.60. The number of nitrogens with zero attached hydrogens (tertiary/aromatic N) is 1. The zero-order valence-electron chi connectivity index (χ0n) is 10.8. The topological polar surface area (TPSA) is 92.9 Å². The second kappa shape index (κ2) is 7.33. The molecule has 1 fully saturated rings. The van der Waals surface area contributed by atoms with Gasteiger partial charge in [0.15, 0.2) is 0 Å². The highest BCUT2D eigenvalue weighted by molar-refractivity contribution is 5.83. The Morgan fingerprint density at radius 2 is 2.17 bits per heavy atom. The summed E-state index contributed by atoms with van der Waals surface area (Å²) in [5.74, 6) is -1.02. The van der Waals surface area contributed by atoms with E-state index in [2.05, 4.69) is 0 Å². The highest BCUT2D eigenvalue weighted by Crippen LogP contribution is 2.32. The smallest absolute Gasteiger partial charge is 0.323 e. The van der Waals surface area contributed by atoms with Crippen LogP contribution in [0, 0.1) is 11.8 Å². The Labute approximate surface area is 107 Å². The zero-order valence-corrected chi connectivity index (χ0v) is 10.8. The lowest BCUT2D eigenvalue weighted by molar-refractivity contribution is -0.147. The number of carboxylic acids is 1. The molecule has 0 aromatic rings. The minimum Gasteiger partial charge on any atom is -0.480 e. The van der Waals surface area contributed by atoms with Gasteiger partial charge >= 0.3 is 5.97 Å². The van der Waals surface area contributed by atoms with E-state index in [0.717, 1.165) is 19.3 Å². The van der Waals surface area contributed by atoms with Gasteiger partial charge in [0.25, 0.3) is 0 Å². The first-order valence-corrected chi connectivity index (χ1v) is 6.29. The van der Waals surface area contributed by atoms with E-state index in [4.69, 9.17) is 15.6 Å². The molecule has 3 N–H and O–H groups in total. The molecule has 6 nitrogen and oxygen atoms in total. The Morgan fingerprint density at radius 3 is 2.72 bits per heavy atom.